The minimum absolute atomic E-state index is 0.00509. The first-order valence-electron chi connectivity index (χ1n) is 8.84. The summed E-state index contributed by atoms with van der Waals surface area (Å²) in [5.41, 5.74) is 3.13. The summed E-state index contributed by atoms with van der Waals surface area (Å²) in [5.74, 6) is -0.00509. The number of H-pyrrole nitrogens is 1. The molecule has 2 aromatic rings. The Balaban J connectivity index is 1.76. The highest BCUT2D eigenvalue weighted by atomic mass is 16.1. The van der Waals surface area contributed by atoms with Gasteiger partial charge in [-0.1, -0.05) is 12.1 Å². The number of unbranched alkanes of at least 4 members (excludes halogenated alkanes) is 1. The van der Waals surface area contributed by atoms with Crippen LogP contribution in [0.3, 0.4) is 0 Å². The van der Waals surface area contributed by atoms with Gasteiger partial charge in [0.1, 0.15) is 11.4 Å². The summed E-state index contributed by atoms with van der Waals surface area (Å²) in [7, 11) is 1.90. The van der Waals surface area contributed by atoms with Crippen LogP contribution in [0.5, 0.6) is 0 Å². The van der Waals surface area contributed by atoms with E-state index in [0.717, 1.165) is 24.9 Å². The number of nitrogens with zero attached hydrogens (tertiary/aromatic N) is 1. The lowest BCUT2D eigenvalue weighted by Gasteiger charge is -2.21. The highest BCUT2D eigenvalue weighted by Crippen LogP contribution is 2.32. The summed E-state index contributed by atoms with van der Waals surface area (Å²) < 4.78 is 0. The number of aromatic nitrogens is 2. The molecule has 0 saturated heterocycles. The smallest absolute Gasteiger partial charge is 0.289 e. The van der Waals surface area contributed by atoms with E-state index in [9.17, 15) is 9.59 Å². The van der Waals surface area contributed by atoms with Crippen LogP contribution in [-0.2, 0) is 4.79 Å². The number of aromatic amines is 1. The monoisotopic (exact) mass is 356 g/mol. The Bertz CT molecular complexity index is 833. The van der Waals surface area contributed by atoms with Crippen molar-refractivity contribution in [2.75, 3.05) is 42.6 Å². The predicted molar refractivity (Wildman–Crippen MR) is 104 cm³/mol. The zero-order valence-corrected chi connectivity index (χ0v) is 14.8. The second kappa shape index (κ2) is 8.48. The summed E-state index contributed by atoms with van der Waals surface area (Å²) in [6, 6.07) is 7.47. The van der Waals surface area contributed by atoms with Gasteiger partial charge < -0.3 is 21.3 Å². The van der Waals surface area contributed by atoms with Gasteiger partial charge in [-0.25, -0.2) is 5.10 Å². The van der Waals surface area contributed by atoms with Crippen LogP contribution >= 0.6 is 0 Å². The predicted octanol–water partition coefficient (Wildman–Crippen LogP) is 1.60. The maximum absolute atomic E-state index is 12.1. The van der Waals surface area contributed by atoms with Crippen molar-refractivity contribution >= 4 is 23.0 Å². The fraction of sp³-hybridized carbons (Fsp3) is 0.389. The molecule has 1 amide bonds. The number of amides is 1. The topological polar surface area (TPSA) is 111 Å². The number of carbonyl (C=O) groups excluding carboxylic acids is 1. The highest BCUT2D eigenvalue weighted by Gasteiger charge is 2.18. The van der Waals surface area contributed by atoms with E-state index in [-0.39, 0.29) is 11.5 Å². The normalized spacial score (nSPS) is 12.7. The zero-order valence-electron chi connectivity index (χ0n) is 14.8. The Hall–Kier alpha value is -2.87. The van der Waals surface area contributed by atoms with Crippen LogP contribution in [0.25, 0.3) is 11.3 Å². The molecule has 8 nitrogen and oxygen atoms in total. The van der Waals surface area contributed by atoms with Gasteiger partial charge in [-0.05, 0) is 38.6 Å². The van der Waals surface area contributed by atoms with Gasteiger partial charge in [0.25, 0.3) is 5.56 Å². The average Bonchev–Trinajstić information content (AvgIpc) is 2.66. The zero-order chi connectivity index (χ0) is 18.4. The summed E-state index contributed by atoms with van der Waals surface area (Å²) in [5, 5.41) is 19.0. The van der Waals surface area contributed by atoms with Gasteiger partial charge in [0, 0.05) is 30.8 Å². The SMILES string of the molecule is CNCCCCC(=O)Nc1cccc(-c2n[nH]c(=O)c3c2NCCN3)c1. The first-order valence-corrected chi connectivity index (χ1v) is 8.84. The third kappa shape index (κ3) is 4.20. The molecule has 1 aliphatic heterocycles. The lowest BCUT2D eigenvalue weighted by atomic mass is 10.1. The van der Waals surface area contributed by atoms with Crippen molar-refractivity contribution in [1.82, 2.24) is 15.5 Å². The van der Waals surface area contributed by atoms with Crippen LogP contribution in [0.15, 0.2) is 29.1 Å². The molecule has 2 heterocycles. The third-order valence-corrected chi connectivity index (χ3v) is 4.21. The minimum Gasteiger partial charge on any atom is -0.380 e. The molecule has 8 heteroatoms. The van der Waals surface area contributed by atoms with Gasteiger partial charge >= 0.3 is 0 Å². The summed E-state index contributed by atoms with van der Waals surface area (Å²) in [6.45, 7) is 2.31. The lowest BCUT2D eigenvalue weighted by Crippen LogP contribution is -2.28. The largest absolute Gasteiger partial charge is 0.380 e. The lowest BCUT2D eigenvalue weighted by molar-refractivity contribution is -0.116. The Morgan fingerprint density at radius 2 is 2.00 bits per heavy atom. The highest BCUT2D eigenvalue weighted by molar-refractivity contribution is 5.92. The molecule has 3 rings (SSSR count). The van der Waals surface area contributed by atoms with Crippen LogP contribution in [0.2, 0.25) is 0 Å². The molecule has 0 aliphatic carbocycles. The number of nitrogens with one attached hydrogen (secondary N) is 5. The van der Waals surface area contributed by atoms with Crippen molar-refractivity contribution < 1.29 is 4.79 Å². The minimum atomic E-state index is -0.248. The molecule has 26 heavy (non-hydrogen) atoms. The van der Waals surface area contributed by atoms with Gasteiger partial charge in [0.05, 0.1) is 5.69 Å². The second-order valence-corrected chi connectivity index (χ2v) is 6.19. The van der Waals surface area contributed by atoms with Crippen LogP contribution in [0.4, 0.5) is 17.1 Å². The molecular weight excluding hydrogens is 332 g/mol. The molecule has 138 valence electrons. The first kappa shape index (κ1) is 17.9. The van der Waals surface area contributed by atoms with Crippen molar-refractivity contribution in [2.24, 2.45) is 0 Å². The Morgan fingerprint density at radius 1 is 1.19 bits per heavy atom. The van der Waals surface area contributed by atoms with E-state index in [1.165, 1.54) is 0 Å². The van der Waals surface area contributed by atoms with Crippen LogP contribution in [0.1, 0.15) is 19.3 Å². The summed E-state index contributed by atoms with van der Waals surface area (Å²) >= 11 is 0. The van der Waals surface area contributed by atoms with Crippen molar-refractivity contribution in [3.05, 3.63) is 34.6 Å². The molecule has 0 spiro atoms. The molecule has 0 bridgehead atoms. The van der Waals surface area contributed by atoms with E-state index in [1.54, 1.807) is 0 Å². The number of rotatable bonds is 7. The van der Waals surface area contributed by atoms with Crippen LogP contribution in [-0.4, -0.2) is 42.8 Å². The van der Waals surface area contributed by atoms with Gasteiger partial charge in [0.2, 0.25) is 5.91 Å². The van der Waals surface area contributed by atoms with Gasteiger partial charge in [0.15, 0.2) is 0 Å². The Morgan fingerprint density at radius 3 is 2.81 bits per heavy atom. The number of benzene rings is 1. The Kier molecular flexibility index (Phi) is 5.85. The number of hydrogen-bond donors (Lipinski definition) is 5. The number of hydrogen-bond acceptors (Lipinski definition) is 6. The molecule has 0 saturated carbocycles. The molecule has 0 radical (unpaired) electrons. The summed E-state index contributed by atoms with van der Waals surface area (Å²) in [4.78, 5) is 24.0. The van der Waals surface area contributed by atoms with E-state index >= 15 is 0 Å². The van der Waals surface area contributed by atoms with E-state index in [0.29, 0.717) is 42.3 Å². The van der Waals surface area contributed by atoms with Crippen molar-refractivity contribution in [3.63, 3.8) is 0 Å². The first-order chi connectivity index (χ1) is 12.7. The molecule has 1 aromatic heterocycles. The van der Waals surface area contributed by atoms with E-state index in [2.05, 4.69) is 31.5 Å². The maximum atomic E-state index is 12.1. The van der Waals surface area contributed by atoms with E-state index < -0.39 is 0 Å². The van der Waals surface area contributed by atoms with Crippen molar-refractivity contribution in [2.45, 2.75) is 19.3 Å². The van der Waals surface area contributed by atoms with Gasteiger partial charge in [-0.2, -0.15) is 5.10 Å². The molecule has 0 unspecified atom stereocenters. The average molecular weight is 356 g/mol. The van der Waals surface area contributed by atoms with Crippen LogP contribution in [0, 0.1) is 0 Å². The van der Waals surface area contributed by atoms with Crippen molar-refractivity contribution in [3.8, 4) is 11.3 Å². The molecule has 0 atom stereocenters. The number of fused-ring (bicyclic) bond motifs is 1. The molecule has 5 N–H and O–H groups in total. The van der Waals surface area contributed by atoms with Crippen LogP contribution < -0.4 is 26.8 Å². The fourth-order valence-corrected chi connectivity index (χ4v) is 2.93. The second-order valence-electron chi connectivity index (χ2n) is 6.19. The van der Waals surface area contributed by atoms with E-state index in [4.69, 9.17) is 0 Å². The molecule has 0 fully saturated rings. The molecule has 1 aliphatic rings. The number of anilines is 3. The molecule has 1 aromatic carbocycles. The Labute approximate surface area is 151 Å². The number of carbonyl (C=O) groups is 1. The van der Waals surface area contributed by atoms with Gasteiger partial charge in [-0.3, -0.25) is 9.59 Å². The fourth-order valence-electron chi connectivity index (χ4n) is 2.93. The van der Waals surface area contributed by atoms with E-state index in [1.807, 2.05) is 31.3 Å². The van der Waals surface area contributed by atoms with Gasteiger partial charge in [-0.15, -0.1) is 0 Å². The maximum Gasteiger partial charge on any atom is 0.289 e. The van der Waals surface area contributed by atoms with Crippen molar-refractivity contribution in [1.29, 1.82) is 0 Å². The standard InChI is InChI=1S/C18H24N6O2/c1-19-8-3-2-7-14(25)22-13-6-4-5-12(11-13)15-16-17(18(26)24-23-15)21-10-9-20-16/h4-6,11,19-21H,2-3,7-10H2,1H3,(H,22,25)(H,24,26). The quantitative estimate of drug-likeness (QED) is 0.482. The third-order valence-electron chi connectivity index (χ3n) is 4.21. The molecular formula is C18H24N6O2. The summed E-state index contributed by atoms with van der Waals surface area (Å²) in [6.07, 6.45) is 2.30.